The molecule has 0 bridgehead atoms. The molecule has 0 saturated heterocycles. The van der Waals surface area contributed by atoms with Gasteiger partial charge in [0.2, 0.25) is 0 Å². The van der Waals surface area contributed by atoms with Crippen LogP contribution in [0.5, 0.6) is 5.75 Å². The summed E-state index contributed by atoms with van der Waals surface area (Å²) in [5, 5.41) is 3.16. The van der Waals surface area contributed by atoms with E-state index in [1.54, 1.807) is 0 Å². The molecule has 2 atom stereocenters. The number of benzene rings is 1. The summed E-state index contributed by atoms with van der Waals surface area (Å²) < 4.78 is 5.55. The van der Waals surface area contributed by atoms with Crippen LogP contribution >= 0.6 is 0 Å². The van der Waals surface area contributed by atoms with Gasteiger partial charge in [-0.1, -0.05) is 25.1 Å². The molecule has 0 amide bonds. The molecule has 1 aromatic rings. The largest absolute Gasteiger partial charge is 0.491 e. The van der Waals surface area contributed by atoms with Crippen LogP contribution in [0.15, 0.2) is 29.3 Å². The Bertz CT molecular complexity index is 417. The summed E-state index contributed by atoms with van der Waals surface area (Å²) >= 11 is 0. The number of fused-ring (bicyclic) bond motifs is 1. The van der Waals surface area contributed by atoms with Crippen molar-refractivity contribution in [3.63, 3.8) is 0 Å². The van der Waals surface area contributed by atoms with Crippen molar-refractivity contribution in [1.82, 2.24) is 5.32 Å². The Hall–Kier alpha value is -1.71. The van der Waals surface area contributed by atoms with Gasteiger partial charge in [-0.15, -0.1) is 0 Å². The molecule has 0 aliphatic carbocycles. The van der Waals surface area contributed by atoms with Crippen molar-refractivity contribution in [2.24, 2.45) is 10.7 Å². The summed E-state index contributed by atoms with van der Waals surface area (Å²) in [6.07, 6.45) is 1.02. The second-order valence-corrected chi connectivity index (χ2v) is 4.33. The van der Waals surface area contributed by atoms with Gasteiger partial charge >= 0.3 is 0 Å². The summed E-state index contributed by atoms with van der Waals surface area (Å²) in [6.45, 7) is 4.77. The average molecular weight is 233 g/mol. The van der Waals surface area contributed by atoms with E-state index in [4.69, 9.17) is 10.5 Å². The van der Waals surface area contributed by atoms with Crippen molar-refractivity contribution in [2.75, 3.05) is 6.61 Å². The predicted molar refractivity (Wildman–Crippen MR) is 69.2 cm³/mol. The highest BCUT2D eigenvalue weighted by molar-refractivity contribution is 5.78. The van der Waals surface area contributed by atoms with Gasteiger partial charge in [0.05, 0.1) is 0 Å². The van der Waals surface area contributed by atoms with Crippen LogP contribution in [0, 0.1) is 0 Å². The van der Waals surface area contributed by atoms with Crippen LogP contribution in [0.1, 0.15) is 31.9 Å². The van der Waals surface area contributed by atoms with E-state index in [1.165, 1.54) is 0 Å². The van der Waals surface area contributed by atoms with E-state index < -0.39 is 0 Å². The van der Waals surface area contributed by atoms with Gasteiger partial charge in [0.15, 0.2) is 5.96 Å². The lowest BCUT2D eigenvalue weighted by Crippen LogP contribution is -2.38. The number of para-hydroxylation sites is 1. The Morgan fingerprint density at radius 3 is 3.12 bits per heavy atom. The summed E-state index contributed by atoms with van der Waals surface area (Å²) in [4.78, 5) is 4.46. The van der Waals surface area contributed by atoms with E-state index in [0.717, 1.165) is 17.7 Å². The van der Waals surface area contributed by atoms with Crippen LogP contribution in [-0.2, 0) is 0 Å². The fraction of sp³-hybridized carbons (Fsp3) is 0.462. The summed E-state index contributed by atoms with van der Waals surface area (Å²) in [5.41, 5.74) is 6.98. The SMILES string of the molecule is CCC(C)NC(N)=NC1COc2ccccc21. The van der Waals surface area contributed by atoms with Gasteiger partial charge in [0.25, 0.3) is 0 Å². The van der Waals surface area contributed by atoms with Crippen LogP contribution in [0.3, 0.4) is 0 Å². The molecule has 2 rings (SSSR count). The van der Waals surface area contributed by atoms with Gasteiger partial charge in [0.1, 0.15) is 18.4 Å². The molecular formula is C13H19N3O. The highest BCUT2D eigenvalue weighted by Gasteiger charge is 2.23. The van der Waals surface area contributed by atoms with Crippen LogP contribution in [0.4, 0.5) is 0 Å². The predicted octanol–water partition coefficient (Wildman–Crippen LogP) is 1.82. The molecule has 4 heteroatoms. The normalized spacial score (nSPS) is 20.6. The highest BCUT2D eigenvalue weighted by atomic mass is 16.5. The third-order valence-corrected chi connectivity index (χ3v) is 2.98. The lowest BCUT2D eigenvalue weighted by molar-refractivity contribution is 0.333. The van der Waals surface area contributed by atoms with E-state index >= 15 is 0 Å². The zero-order chi connectivity index (χ0) is 12.3. The minimum absolute atomic E-state index is 0.0164. The molecule has 92 valence electrons. The maximum absolute atomic E-state index is 5.87. The van der Waals surface area contributed by atoms with Gasteiger partial charge in [0, 0.05) is 11.6 Å². The fourth-order valence-electron chi connectivity index (χ4n) is 1.81. The monoisotopic (exact) mass is 233 g/mol. The molecule has 0 aromatic heterocycles. The van der Waals surface area contributed by atoms with E-state index in [0.29, 0.717) is 18.6 Å². The number of hydrogen-bond acceptors (Lipinski definition) is 2. The molecule has 0 saturated carbocycles. The zero-order valence-electron chi connectivity index (χ0n) is 10.3. The summed E-state index contributed by atoms with van der Waals surface area (Å²) in [6, 6.07) is 8.31. The third kappa shape index (κ3) is 2.70. The maximum Gasteiger partial charge on any atom is 0.189 e. The van der Waals surface area contributed by atoms with E-state index in [2.05, 4.69) is 24.2 Å². The Kier molecular flexibility index (Phi) is 3.52. The molecule has 0 fully saturated rings. The van der Waals surface area contributed by atoms with Gasteiger partial charge in [-0.25, -0.2) is 4.99 Å². The number of rotatable bonds is 3. The van der Waals surface area contributed by atoms with E-state index in [1.807, 2.05) is 24.3 Å². The molecule has 17 heavy (non-hydrogen) atoms. The molecule has 0 radical (unpaired) electrons. The summed E-state index contributed by atoms with van der Waals surface area (Å²) in [7, 11) is 0. The van der Waals surface area contributed by atoms with E-state index in [-0.39, 0.29) is 6.04 Å². The third-order valence-electron chi connectivity index (χ3n) is 2.98. The second kappa shape index (κ2) is 5.08. The van der Waals surface area contributed by atoms with Crippen molar-refractivity contribution < 1.29 is 4.74 Å². The Morgan fingerprint density at radius 1 is 1.59 bits per heavy atom. The van der Waals surface area contributed by atoms with Crippen molar-refractivity contribution in [1.29, 1.82) is 0 Å². The number of aliphatic imine (C=N–C) groups is 1. The van der Waals surface area contributed by atoms with Crippen molar-refractivity contribution in [3.8, 4) is 5.75 Å². The first-order valence-electron chi connectivity index (χ1n) is 6.02. The van der Waals surface area contributed by atoms with Gasteiger partial charge in [-0.2, -0.15) is 0 Å². The Morgan fingerprint density at radius 2 is 2.35 bits per heavy atom. The van der Waals surface area contributed by atoms with Crippen LogP contribution < -0.4 is 15.8 Å². The Labute approximate surface area is 102 Å². The van der Waals surface area contributed by atoms with Crippen LogP contribution in [-0.4, -0.2) is 18.6 Å². The lowest BCUT2D eigenvalue weighted by atomic mass is 10.1. The number of nitrogens with zero attached hydrogens (tertiary/aromatic N) is 1. The fourth-order valence-corrected chi connectivity index (χ4v) is 1.81. The van der Waals surface area contributed by atoms with Gasteiger partial charge in [-0.05, 0) is 19.4 Å². The van der Waals surface area contributed by atoms with Crippen LogP contribution in [0.25, 0.3) is 0 Å². The highest BCUT2D eigenvalue weighted by Crippen LogP contribution is 2.33. The molecular weight excluding hydrogens is 214 g/mol. The number of nitrogens with one attached hydrogen (secondary N) is 1. The van der Waals surface area contributed by atoms with Crippen molar-refractivity contribution in [3.05, 3.63) is 29.8 Å². The first kappa shape index (κ1) is 11.8. The quantitative estimate of drug-likeness (QED) is 0.618. The second-order valence-electron chi connectivity index (χ2n) is 4.33. The molecule has 1 aromatic carbocycles. The van der Waals surface area contributed by atoms with Crippen LogP contribution in [0.2, 0.25) is 0 Å². The number of hydrogen-bond donors (Lipinski definition) is 2. The maximum atomic E-state index is 5.87. The standard InChI is InChI=1S/C13H19N3O/c1-3-9(2)15-13(14)16-11-8-17-12-7-5-4-6-10(11)12/h4-7,9,11H,3,8H2,1-2H3,(H3,14,15,16). The smallest absolute Gasteiger partial charge is 0.189 e. The number of nitrogens with two attached hydrogens (primary N) is 1. The van der Waals surface area contributed by atoms with E-state index in [9.17, 15) is 0 Å². The minimum atomic E-state index is 0.0164. The molecule has 1 aliphatic rings. The average Bonchev–Trinajstić information content (AvgIpc) is 2.72. The summed E-state index contributed by atoms with van der Waals surface area (Å²) in [5.74, 6) is 1.40. The van der Waals surface area contributed by atoms with Crippen molar-refractivity contribution >= 4 is 5.96 Å². The first-order valence-corrected chi connectivity index (χ1v) is 6.02. The van der Waals surface area contributed by atoms with Gasteiger partial charge < -0.3 is 15.8 Å². The number of ether oxygens (including phenoxy) is 1. The van der Waals surface area contributed by atoms with Gasteiger partial charge in [-0.3, -0.25) is 0 Å². The molecule has 2 unspecified atom stereocenters. The number of guanidine groups is 1. The zero-order valence-corrected chi connectivity index (χ0v) is 10.3. The lowest BCUT2D eigenvalue weighted by Gasteiger charge is -2.13. The molecule has 1 aliphatic heterocycles. The molecule has 1 heterocycles. The first-order chi connectivity index (χ1) is 8.20. The Balaban J connectivity index is 2.08. The minimum Gasteiger partial charge on any atom is -0.491 e. The molecule has 3 N–H and O–H groups in total. The topological polar surface area (TPSA) is 59.6 Å². The van der Waals surface area contributed by atoms with Crippen molar-refractivity contribution in [2.45, 2.75) is 32.4 Å². The molecule has 4 nitrogen and oxygen atoms in total. The molecule has 0 spiro atoms.